The summed E-state index contributed by atoms with van der Waals surface area (Å²) in [5, 5.41) is 0.653. The van der Waals surface area contributed by atoms with E-state index in [4.69, 9.17) is 11.6 Å². The molecule has 0 saturated heterocycles. The van der Waals surface area contributed by atoms with Crippen LogP contribution in [0.1, 0.15) is 10.4 Å². The van der Waals surface area contributed by atoms with Crippen molar-refractivity contribution in [1.29, 1.82) is 0 Å². The van der Waals surface area contributed by atoms with E-state index >= 15 is 0 Å². The van der Waals surface area contributed by atoms with Gasteiger partial charge in [0.05, 0.1) is 0 Å². The summed E-state index contributed by atoms with van der Waals surface area (Å²) in [5.41, 5.74) is 0.652. The first-order chi connectivity index (χ1) is 4.33. The first kappa shape index (κ1) is 6.30. The Morgan fingerprint density at radius 2 is 1.78 bits per heavy atom. The van der Waals surface area contributed by atoms with Crippen molar-refractivity contribution >= 4 is 17.9 Å². The largest absolute Gasteiger partial charge is 0.298 e. The van der Waals surface area contributed by atoms with Crippen LogP contribution in [0.15, 0.2) is 24.3 Å². The summed E-state index contributed by atoms with van der Waals surface area (Å²) >= 11 is 5.55. The van der Waals surface area contributed by atoms with Crippen LogP contribution in [0.25, 0.3) is 0 Å². The molecule has 0 fully saturated rings. The molecular formula is C7H5ClO. The van der Waals surface area contributed by atoms with Gasteiger partial charge in [-0.2, -0.15) is 0 Å². The highest BCUT2D eigenvalue weighted by Gasteiger charge is 1.86. The molecule has 0 unspecified atom stereocenters. The predicted molar refractivity (Wildman–Crippen MR) is 36.8 cm³/mol. The fourth-order valence-corrected chi connectivity index (χ4v) is 0.667. The summed E-state index contributed by atoms with van der Waals surface area (Å²) in [6, 6.07) is 6.72. The van der Waals surface area contributed by atoms with E-state index in [0.29, 0.717) is 10.6 Å². The topological polar surface area (TPSA) is 17.1 Å². The highest BCUT2D eigenvalue weighted by Crippen LogP contribution is 2.07. The van der Waals surface area contributed by atoms with Crippen molar-refractivity contribution in [1.82, 2.24) is 0 Å². The minimum atomic E-state index is 0.652. The average molecular weight is 142 g/mol. The van der Waals surface area contributed by atoms with Gasteiger partial charge in [-0.05, 0) is 12.1 Å². The van der Waals surface area contributed by atoms with E-state index in [0.717, 1.165) is 6.29 Å². The molecule has 0 atom stereocenters. The second kappa shape index (κ2) is 2.65. The van der Waals surface area contributed by atoms with E-state index in [1.54, 1.807) is 24.3 Å². The number of aldehydes is 1. The van der Waals surface area contributed by atoms with E-state index < -0.39 is 0 Å². The highest BCUT2D eigenvalue weighted by molar-refractivity contribution is 6.30. The SMILES string of the molecule is O=[13CH]c1ccc(Cl)cc1. The molecule has 46 valence electrons. The fourth-order valence-electron chi connectivity index (χ4n) is 0.541. The van der Waals surface area contributed by atoms with Crippen LogP contribution >= 0.6 is 11.6 Å². The number of hydrogen-bond donors (Lipinski definition) is 0. The van der Waals surface area contributed by atoms with Gasteiger partial charge in [-0.15, -0.1) is 0 Å². The number of carbonyl (C=O) groups is 1. The molecule has 1 aromatic rings. The van der Waals surface area contributed by atoms with Gasteiger partial charge in [0.25, 0.3) is 0 Å². The summed E-state index contributed by atoms with van der Waals surface area (Å²) in [6.07, 6.45) is 0.788. The van der Waals surface area contributed by atoms with E-state index in [1.807, 2.05) is 0 Å². The third kappa shape index (κ3) is 1.54. The zero-order chi connectivity index (χ0) is 6.69. The molecule has 0 spiro atoms. The van der Waals surface area contributed by atoms with Crippen molar-refractivity contribution in [3.8, 4) is 0 Å². The first-order valence-electron chi connectivity index (χ1n) is 2.53. The Bertz CT molecular complexity index is 203. The van der Waals surface area contributed by atoms with E-state index in [9.17, 15) is 4.79 Å². The van der Waals surface area contributed by atoms with Gasteiger partial charge in [0.2, 0.25) is 0 Å². The number of carbonyl (C=O) groups excluding carboxylic acids is 1. The Morgan fingerprint density at radius 1 is 1.22 bits per heavy atom. The molecule has 1 rings (SSSR count). The summed E-state index contributed by atoms with van der Waals surface area (Å²) in [6.45, 7) is 0. The van der Waals surface area contributed by atoms with Crippen LogP contribution in [0.4, 0.5) is 0 Å². The quantitative estimate of drug-likeness (QED) is 0.433. The van der Waals surface area contributed by atoms with E-state index in [-0.39, 0.29) is 0 Å². The van der Waals surface area contributed by atoms with Gasteiger partial charge in [-0.1, -0.05) is 23.7 Å². The number of halogens is 1. The van der Waals surface area contributed by atoms with Crippen LogP contribution in [-0.2, 0) is 0 Å². The Labute approximate surface area is 58.3 Å². The Kier molecular flexibility index (Phi) is 1.85. The lowest BCUT2D eigenvalue weighted by molar-refractivity contribution is 0.112. The maximum absolute atomic E-state index is 10.1. The van der Waals surface area contributed by atoms with Crippen LogP contribution in [0, 0.1) is 0 Å². The van der Waals surface area contributed by atoms with Gasteiger partial charge >= 0.3 is 0 Å². The van der Waals surface area contributed by atoms with Crippen molar-refractivity contribution < 1.29 is 4.79 Å². The smallest absolute Gasteiger partial charge is 0.150 e. The van der Waals surface area contributed by atoms with Crippen LogP contribution in [-0.4, -0.2) is 6.29 Å². The zero-order valence-corrected chi connectivity index (χ0v) is 5.43. The number of hydrogen-bond acceptors (Lipinski definition) is 1. The number of rotatable bonds is 1. The van der Waals surface area contributed by atoms with E-state index in [1.165, 1.54) is 0 Å². The van der Waals surface area contributed by atoms with Crippen LogP contribution in [0.2, 0.25) is 5.02 Å². The molecule has 0 saturated carbocycles. The Morgan fingerprint density at radius 3 is 2.22 bits per heavy atom. The molecular weight excluding hydrogens is 137 g/mol. The molecule has 0 aliphatic carbocycles. The molecule has 2 heteroatoms. The van der Waals surface area contributed by atoms with Crippen molar-refractivity contribution in [2.24, 2.45) is 0 Å². The molecule has 0 N–H and O–H groups in total. The molecule has 1 aromatic carbocycles. The van der Waals surface area contributed by atoms with Gasteiger partial charge in [0.15, 0.2) is 0 Å². The molecule has 1 nitrogen and oxygen atoms in total. The molecule has 9 heavy (non-hydrogen) atoms. The fraction of sp³-hybridized carbons (Fsp3) is 0. The zero-order valence-electron chi connectivity index (χ0n) is 4.67. The van der Waals surface area contributed by atoms with Crippen molar-refractivity contribution in [3.63, 3.8) is 0 Å². The van der Waals surface area contributed by atoms with Crippen LogP contribution in [0.5, 0.6) is 0 Å². The molecule has 0 aliphatic heterocycles. The average Bonchev–Trinajstić information content (AvgIpc) is 1.90. The summed E-state index contributed by atoms with van der Waals surface area (Å²) in [7, 11) is 0. The monoisotopic (exact) mass is 141 g/mol. The van der Waals surface area contributed by atoms with Crippen molar-refractivity contribution in [2.75, 3.05) is 0 Å². The standard InChI is InChI=1S/C7H5ClO/c8-7-3-1-6(5-9)2-4-7/h1-5H/i5+1. The minimum Gasteiger partial charge on any atom is -0.298 e. The Hall–Kier alpha value is -0.820. The Balaban J connectivity index is 3.01. The lowest BCUT2D eigenvalue weighted by Gasteiger charge is -1.87. The lowest BCUT2D eigenvalue weighted by atomic mass is 10.3. The summed E-state index contributed by atoms with van der Waals surface area (Å²) < 4.78 is 0. The maximum atomic E-state index is 10.1. The molecule has 0 amide bonds. The maximum Gasteiger partial charge on any atom is 0.150 e. The lowest BCUT2D eigenvalue weighted by Crippen LogP contribution is -1.74. The summed E-state index contributed by atoms with van der Waals surface area (Å²) in [5.74, 6) is 0. The summed E-state index contributed by atoms with van der Waals surface area (Å²) in [4.78, 5) is 10.1. The molecule has 0 radical (unpaired) electrons. The normalized spacial score (nSPS) is 9.00. The second-order valence-electron chi connectivity index (χ2n) is 1.67. The first-order valence-corrected chi connectivity index (χ1v) is 2.91. The third-order valence-corrected chi connectivity index (χ3v) is 1.26. The molecule has 0 aliphatic rings. The molecule has 0 heterocycles. The van der Waals surface area contributed by atoms with Crippen LogP contribution in [0.3, 0.4) is 0 Å². The minimum absolute atomic E-state index is 0.652. The van der Waals surface area contributed by atoms with E-state index in [2.05, 4.69) is 0 Å². The van der Waals surface area contributed by atoms with Crippen molar-refractivity contribution in [3.05, 3.63) is 34.9 Å². The van der Waals surface area contributed by atoms with Gasteiger partial charge in [-0.25, -0.2) is 0 Å². The predicted octanol–water partition coefficient (Wildman–Crippen LogP) is 2.15. The second-order valence-corrected chi connectivity index (χ2v) is 2.11. The van der Waals surface area contributed by atoms with Gasteiger partial charge in [-0.3, -0.25) is 4.79 Å². The third-order valence-electron chi connectivity index (χ3n) is 1.01. The number of benzene rings is 1. The van der Waals surface area contributed by atoms with Crippen molar-refractivity contribution in [2.45, 2.75) is 0 Å². The molecule has 0 aromatic heterocycles. The molecule has 0 bridgehead atoms. The highest BCUT2D eigenvalue weighted by atomic mass is 35.5. The van der Waals surface area contributed by atoms with Gasteiger partial charge in [0.1, 0.15) is 6.29 Å². The van der Waals surface area contributed by atoms with Gasteiger partial charge in [0, 0.05) is 10.6 Å². The van der Waals surface area contributed by atoms with Crippen LogP contribution < -0.4 is 0 Å². The van der Waals surface area contributed by atoms with Gasteiger partial charge < -0.3 is 0 Å².